The molecule has 1 aromatic heterocycles. The summed E-state index contributed by atoms with van der Waals surface area (Å²) in [4.78, 5) is 7.20. The van der Waals surface area contributed by atoms with Crippen molar-refractivity contribution in [1.29, 1.82) is 0 Å². The van der Waals surface area contributed by atoms with Crippen LogP contribution in [-0.2, 0) is 6.42 Å². The number of rotatable bonds is 4. The van der Waals surface area contributed by atoms with Gasteiger partial charge in [-0.3, -0.25) is 0 Å². The van der Waals surface area contributed by atoms with Crippen LogP contribution in [0.5, 0.6) is 0 Å². The second-order valence-corrected chi connectivity index (χ2v) is 4.11. The number of likely N-dealkylation sites (N-methyl/N-ethyl adjacent to an activating group) is 1. The third kappa shape index (κ3) is 2.71. The number of aromatic amines is 1. The molecular weight excluding hydrogens is 217 g/mol. The van der Waals surface area contributed by atoms with Gasteiger partial charge in [-0.25, -0.2) is 9.37 Å². The summed E-state index contributed by atoms with van der Waals surface area (Å²) in [7, 11) is 1.83. The Morgan fingerprint density at radius 3 is 2.94 bits per heavy atom. The standard InChI is InChI=1S/C13H16FN3/c1-9-3-4-11(14)10(7-9)12(15-2)8-13-16-5-6-17-13/h3-7,12,15H,8H2,1-2H3,(H,16,17). The topological polar surface area (TPSA) is 40.7 Å². The number of nitrogens with zero attached hydrogens (tertiary/aromatic N) is 1. The summed E-state index contributed by atoms with van der Waals surface area (Å²) in [5, 5.41) is 3.12. The van der Waals surface area contributed by atoms with E-state index in [2.05, 4.69) is 15.3 Å². The molecule has 0 bridgehead atoms. The van der Waals surface area contributed by atoms with E-state index in [1.807, 2.05) is 20.0 Å². The van der Waals surface area contributed by atoms with Crippen LogP contribution in [0.3, 0.4) is 0 Å². The Bertz CT molecular complexity index is 479. The summed E-state index contributed by atoms with van der Waals surface area (Å²) < 4.78 is 13.8. The van der Waals surface area contributed by atoms with Gasteiger partial charge in [-0.2, -0.15) is 0 Å². The van der Waals surface area contributed by atoms with Gasteiger partial charge in [-0.1, -0.05) is 17.7 Å². The van der Waals surface area contributed by atoms with Gasteiger partial charge in [0.25, 0.3) is 0 Å². The zero-order chi connectivity index (χ0) is 12.3. The second kappa shape index (κ2) is 5.10. The maximum Gasteiger partial charge on any atom is 0.128 e. The van der Waals surface area contributed by atoms with Crippen LogP contribution >= 0.6 is 0 Å². The van der Waals surface area contributed by atoms with Gasteiger partial charge >= 0.3 is 0 Å². The van der Waals surface area contributed by atoms with Crippen LogP contribution < -0.4 is 5.32 Å². The fourth-order valence-corrected chi connectivity index (χ4v) is 1.90. The number of hydrogen-bond donors (Lipinski definition) is 2. The Morgan fingerprint density at radius 2 is 2.29 bits per heavy atom. The van der Waals surface area contributed by atoms with Crippen LogP contribution in [-0.4, -0.2) is 17.0 Å². The average molecular weight is 233 g/mol. The van der Waals surface area contributed by atoms with E-state index in [-0.39, 0.29) is 11.9 Å². The molecule has 1 unspecified atom stereocenters. The van der Waals surface area contributed by atoms with E-state index in [9.17, 15) is 4.39 Å². The lowest BCUT2D eigenvalue weighted by Gasteiger charge is -2.16. The fourth-order valence-electron chi connectivity index (χ4n) is 1.90. The van der Waals surface area contributed by atoms with Gasteiger partial charge in [0.05, 0.1) is 0 Å². The lowest BCUT2D eigenvalue weighted by Crippen LogP contribution is -2.20. The first kappa shape index (κ1) is 11.8. The Balaban J connectivity index is 2.25. The van der Waals surface area contributed by atoms with Crippen molar-refractivity contribution in [2.75, 3.05) is 7.05 Å². The smallest absolute Gasteiger partial charge is 0.128 e. The van der Waals surface area contributed by atoms with E-state index < -0.39 is 0 Å². The minimum atomic E-state index is -0.179. The van der Waals surface area contributed by atoms with Crippen LogP contribution in [0.2, 0.25) is 0 Å². The van der Waals surface area contributed by atoms with Crippen LogP contribution in [0.15, 0.2) is 30.6 Å². The summed E-state index contributed by atoms with van der Waals surface area (Å²) in [6.07, 6.45) is 4.12. The summed E-state index contributed by atoms with van der Waals surface area (Å²) in [6.45, 7) is 1.96. The number of hydrogen-bond acceptors (Lipinski definition) is 2. The number of H-pyrrole nitrogens is 1. The molecule has 1 aromatic carbocycles. The largest absolute Gasteiger partial charge is 0.349 e. The van der Waals surface area contributed by atoms with Gasteiger partial charge in [-0.05, 0) is 20.0 Å². The third-order valence-corrected chi connectivity index (χ3v) is 2.83. The van der Waals surface area contributed by atoms with Gasteiger partial charge in [0.1, 0.15) is 11.6 Å². The summed E-state index contributed by atoms with van der Waals surface area (Å²) in [5.74, 6) is 0.673. The van der Waals surface area contributed by atoms with E-state index in [1.54, 1.807) is 18.5 Å². The first-order valence-electron chi connectivity index (χ1n) is 5.62. The van der Waals surface area contributed by atoms with Crippen LogP contribution in [0.1, 0.15) is 23.0 Å². The summed E-state index contributed by atoms with van der Waals surface area (Å²) in [5.41, 5.74) is 1.74. The molecule has 0 fully saturated rings. The monoisotopic (exact) mass is 233 g/mol. The molecule has 3 nitrogen and oxygen atoms in total. The molecule has 4 heteroatoms. The van der Waals surface area contributed by atoms with E-state index in [4.69, 9.17) is 0 Å². The van der Waals surface area contributed by atoms with Crippen molar-refractivity contribution in [3.63, 3.8) is 0 Å². The predicted octanol–water partition coefficient (Wildman–Crippen LogP) is 2.36. The maximum absolute atomic E-state index is 13.8. The number of aryl methyl sites for hydroxylation is 1. The van der Waals surface area contributed by atoms with E-state index in [0.717, 1.165) is 11.4 Å². The Labute approximate surface area is 100 Å². The Kier molecular flexibility index (Phi) is 3.54. The highest BCUT2D eigenvalue weighted by molar-refractivity contribution is 5.27. The second-order valence-electron chi connectivity index (χ2n) is 4.11. The molecule has 0 aliphatic rings. The SMILES string of the molecule is CNC(Cc1ncc[nH]1)c1cc(C)ccc1F. The molecule has 2 N–H and O–H groups in total. The predicted molar refractivity (Wildman–Crippen MR) is 65.2 cm³/mol. The van der Waals surface area contributed by atoms with E-state index in [1.165, 1.54) is 6.07 Å². The lowest BCUT2D eigenvalue weighted by atomic mass is 10.0. The molecule has 2 rings (SSSR count). The zero-order valence-corrected chi connectivity index (χ0v) is 10.00. The molecule has 0 saturated heterocycles. The number of nitrogens with one attached hydrogen (secondary N) is 2. The lowest BCUT2D eigenvalue weighted by molar-refractivity contribution is 0.526. The highest BCUT2D eigenvalue weighted by Gasteiger charge is 2.15. The Hall–Kier alpha value is -1.68. The quantitative estimate of drug-likeness (QED) is 0.851. The zero-order valence-electron chi connectivity index (χ0n) is 10.00. The van der Waals surface area contributed by atoms with Crippen molar-refractivity contribution in [3.05, 3.63) is 53.4 Å². The van der Waals surface area contributed by atoms with Gasteiger partial charge < -0.3 is 10.3 Å². The molecule has 2 aromatic rings. The Morgan fingerprint density at radius 1 is 1.47 bits per heavy atom. The molecule has 0 saturated carbocycles. The minimum absolute atomic E-state index is 0.0685. The van der Waals surface area contributed by atoms with E-state index in [0.29, 0.717) is 12.0 Å². The third-order valence-electron chi connectivity index (χ3n) is 2.83. The van der Waals surface area contributed by atoms with Crippen molar-refractivity contribution < 1.29 is 4.39 Å². The average Bonchev–Trinajstić information content (AvgIpc) is 2.82. The first-order chi connectivity index (χ1) is 8.20. The molecule has 1 atom stereocenters. The van der Waals surface area contributed by atoms with Crippen molar-refractivity contribution in [3.8, 4) is 0 Å². The molecule has 0 spiro atoms. The van der Waals surface area contributed by atoms with E-state index >= 15 is 0 Å². The first-order valence-corrected chi connectivity index (χ1v) is 5.62. The molecule has 0 aliphatic carbocycles. The minimum Gasteiger partial charge on any atom is -0.349 e. The molecule has 0 aliphatic heterocycles. The van der Waals surface area contributed by atoms with Crippen molar-refractivity contribution in [2.24, 2.45) is 0 Å². The summed E-state index contributed by atoms with van der Waals surface area (Å²) >= 11 is 0. The van der Waals surface area contributed by atoms with Gasteiger partial charge in [-0.15, -0.1) is 0 Å². The molecule has 0 radical (unpaired) electrons. The molecule has 0 amide bonds. The van der Waals surface area contributed by atoms with Crippen LogP contribution in [0.25, 0.3) is 0 Å². The molecule has 17 heavy (non-hydrogen) atoms. The highest BCUT2D eigenvalue weighted by Crippen LogP contribution is 2.21. The number of aromatic nitrogens is 2. The van der Waals surface area contributed by atoms with Crippen LogP contribution in [0, 0.1) is 12.7 Å². The number of imidazole rings is 1. The number of halogens is 1. The highest BCUT2D eigenvalue weighted by atomic mass is 19.1. The van der Waals surface area contributed by atoms with Gasteiger partial charge in [0.2, 0.25) is 0 Å². The van der Waals surface area contributed by atoms with Crippen molar-refractivity contribution in [1.82, 2.24) is 15.3 Å². The van der Waals surface area contributed by atoms with Gasteiger partial charge in [0.15, 0.2) is 0 Å². The summed E-state index contributed by atoms with van der Waals surface area (Å²) in [6, 6.07) is 5.09. The van der Waals surface area contributed by atoms with Crippen molar-refractivity contribution >= 4 is 0 Å². The van der Waals surface area contributed by atoms with Crippen LogP contribution in [0.4, 0.5) is 4.39 Å². The fraction of sp³-hybridized carbons (Fsp3) is 0.308. The van der Waals surface area contributed by atoms with Gasteiger partial charge in [0, 0.05) is 30.4 Å². The van der Waals surface area contributed by atoms with Crippen molar-refractivity contribution in [2.45, 2.75) is 19.4 Å². The normalized spacial score (nSPS) is 12.6. The molecule has 1 heterocycles. The molecule has 90 valence electrons. The number of benzene rings is 1. The maximum atomic E-state index is 13.8. The molecular formula is C13H16FN3.